The molecule has 0 aromatic rings. The van der Waals surface area contributed by atoms with Crippen molar-refractivity contribution >= 4 is 28.6 Å². The maximum absolute atomic E-state index is 5.37. The molecule has 1 saturated heterocycles. The molecular weight excluding hydrogens is 272 g/mol. The first-order chi connectivity index (χ1) is 9.35. The molecule has 0 unspecified atom stereocenters. The van der Waals surface area contributed by atoms with Gasteiger partial charge >= 0.3 is 0 Å². The van der Waals surface area contributed by atoms with E-state index in [4.69, 9.17) is 12.8 Å². The molecule has 2 aliphatic heterocycles. The first kappa shape index (κ1) is 14.2. The summed E-state index contributed by atoms with van der Waals surface area (Å²) in [7, 11) is 0. The first-order valence-electron chi connectivity index (χ1n) is 6.23. The SMILES string of the molecule is C#CCN1CCSC1=CC=CC1=[N+](CC#C)CCS1. The predicted octanol–water partition coefficient (Wildman–Crippen LogP) is 1.86. The fourth-order valence-corrected chi connectivity index (χ4v) is 4.05. The lowest BCUT2D eigenvalue weighted by Gasteiger charge is -2.14. The monoisotopic (exact) mass is 289 g/mol. The summed E-state index contributed by atoms with van der Waals surface area (Å²) in [5.41, 5.74) is 0. The Bertz CT molecular complexity index is 503. The minimum atomic E-state index is 0.696. The van der Waals surface area contributed by atoms with E-state index in [1.807, 2.05) is 23.5 Å². The second-order valence-corrected chi connectivity index (χ2v) is 6.38. The fraction of sp³-hybridized carbons (Fsp3) is 0.400. The van der Waals surface area contributed by atoms with Gasteiger partial charge in [0.15, 0.2) is 6.54 Å². The highest BCUT2D eigenvalue weighted by atomic mass is 32.2. The molecule has 0 aliphatic carbocycles. The van der Waals surface area contributed by atoms with Crippen molar-refractivity contribution < 1.29 is 4.58 Å². The highest BCUT2D eigenvalue weighted by Gasteiger charge is 2.19. The Morgan fingerprint density at radius 3 is 2.95 bits per heavy atom. The van der Waals surface area contributed by atoms with Gasteiger partial charge in [0.05, 0.1) is 17.3 Å². The Morgan fingerprint density at radius 1 is 1.26 bits per heavy atom. The van der Waals surface area contributed by atoms with Crippen LogP contribution in [0.2, 0.25) is 0 Å². The van der Waals surface area contributed by atoms with E-state index in [2.05, 4.69) is 39.5 Å². The molecule has 0 radical (unpaired) electrons. The highest BCUT2D eigenvalue weighted by molar-refractivity contribution is 8.14. The summed E-state index contributed by atoms with van der Waals surface area (Å²) in [6.07, 6.45) is 17.1. The van der Waals surface area contributed by atoms with E-state index in [0.717, 1.165) is 24.6 Å². The summed E-state index contributed by atoms with van der Waals surface area (Å²) in [6.45, 7) is 3.48. The van der Waals surface area contributed by atoms with Crippen LogP contribution in [0.1, 0.15) is 0 Å². The summed E-state index contributed by atoms with van der Waals surface area (Å²) in [5, 5.41) is 2.53. The molecule has 4 heteroatoms. The molecule has 2 heterocycles. The molecule has 0 bridgehead atoms. The number of allylic oxidation sites excluding steroid dienone is 2. The lowest BCUT2D eigenvalue weighted by Crippen LogP contribution is -2.18. The molecule has 2 nitrogen and oxygen atoms in total. The largest absolute Gasteiger partial charge is 0.354 e. The average Bonchev–Trinajstić information content (AvgIpc) is 3.01. The van der Waals surface area contributed by atoms with Crippen molar-refractivity contribution in [3.63, 3.8) is 0 Å². The number of thioether (sulfide) groups is 2. The summed E-state index contributed by atoms with van der Waals surface area (Å²) >= 11 is 3.72. The lowest BCUT2D eigenvalue weighted by atomic mass is 10.4. The van der Waals surface area contributed by atoms with E-state index in [-0.39, 0.29) is 0 Å². The minimum Gasteiger partial charge on any atom is -0.354 e. The van der Waals surface area contributed by atoms with Crippen LogP contribution in [0.5, 0.6) is 0 Å². The van der Waals surface area contributed by atoms with Gasteiger partial charge in [0.25, 0.3) is 0 Å². The Labute approximate surface area is 124 Å². The molecule has 0 atom stereocenters. The maximum atomic E-state index is 5.37. The van der Waals surface area contributed by atoms with Crippen molar-refractivity contribution in [3.05, 3.63) is 23.3 Å². The van der Waals surface area contributed by atoms with Crippen LogP contribution in [0.4, 0.5) is 0 Å². The minimum absolute atomic E-state index is 0.696. The molecule has 98 valence electrons. The van der Waals surface area contributed by atoms with Gasteiger partial charge in [-0.2, -0.15) is 0 Å². The van der Waals surface area contributed by atoms with E-state index in [1.165, 1.54) is 10.1 Å². The van der Waals surface area contributed by atoms with Crippen molar-refractivity contribution in [1.82, 2.24) is 4.90 Å². The number of hydrogen-bond donors (Lipinski definition) is 0. The molecule has 2 aliphatic rings. The Morgan fingerprint density at radius 2 is 2.16 bits per heavy atom. The molecule has 0 aromatic carbocycles. The lowest BCUT2D eigenvalue weighted by molar-refractivity contribution is -0.504. The molecule has 0 amide bonds. The zero-order valence-electron chi connectivity index (χ0n) is 10.8. The van der Waals surface area contributed by atoms with E-state index in [0.29, 0.717) is 13.1 Å². The summed E-state index contributed by atoms with van der Waals surface area (Å²) < 4.78 is 2.24. The molecule has 0 N–H and O–H groups in total. The van der Waals surface area contributed by atoms with Gasteiger partial charge in [-0.25, -0.2) is 4.58 Å². The topological polar surface area (TPSA) is 6.25 Å². The summed E-state index contributed by atoms with van der Waals surface area (Å²) in [5.74, 6) is 7.65. The molecule has 0 spiro atoms. The van der Waals surface area contributed by atoms with Crippen molar-refractivity contribution in [2.45, 2.75) is 0 Å². The van der Waals surface area contributed by atoms with Gasteiger partial charge in [0.2, 0.25) is 11.6 Å². The van der Waals surface area contributed by atoms with Crippen LogP contribution >= 0.6 is 23.5 Å². The van der Waals surface area contributed by atoms with Crippen LogP contribution in [0, 0.1) is 24.7 Å². The number of terminal acetylenes is 2. The second kappa shape index (κ2) is 7.38. The standard InChI is InChI=1S/C15H17N2S2/c1-3-8-16-10-12-18-14(16)6-5-7-15-17(9-4-2)11-13-19-15/h1-2,5-7H,8-13H2/q+1. The highest BCUT2D eigenvalue weighted by Crippen LogP contribution is 2.27. The third-order valence-corrected chi connectivity index (χ3v) is 5.04. The Balaban J connectivity index is 2.01. The smallest absolute Gasteiger partial charge is 0.235 e. The van der Waals surface area contributed by atoms with Gasteiger partial charge in [0, 0.05) is 18.4 Å². The molecule has 2 rings (SSSR count). The van der Waals surface area contributed by atoms with Crippen molar-refractivity contribution in [1.29, 1.82) is 0 Å². The van der Waals surface area contributed by atoms with Gasteiger partial charge in [-0.3, -0.25) is 0 Å². The van der Waals surface area contributed by atoms with E-state index in [9.17, 15) is 0 Å². The van der Waals surface area contributed by atoms with Crippen molar-refractivity contribution in [2.75, 3.05) is 37.7 Å². The molecule has 19 heavy (non-hydrogen) atoms. The molecule has 1 fully saturated rings. The van der Waals surface area contributed by atoms with Gasteiger partial charge in [-0.1, -0.05) is 23.8 Å². The van der Waals surface area contributed by atoms with E-state index in [1.54, 1.807) is 0 Å². The van der Waals surface area contributed by atoms with Crippen LogP contribution in [-0.4, -0.2) is 52.2 Å². The normalized spacial score (nSPS) is 21.4. The third-order valence-electron chi connectivity index (χ3n) is 2.89. The number of nitrogens with zero attached hydrogens (tertiary/aromatic N) is 2. The van der Waals surface area contributed by atoms with Crippen LogP contribution < -0.4 is 0 Å². The zero-order valence-corrected chi connectivity index (χ0v) is 12.5. The van der Waals surface area contributed by atoms with Crippen LogP contribution in [0.15, 0.2) is 23.3 Å². The Hall–Kier alpha value is -1.23. The first-order valence-corrected chi connectivity index (χ1v) is 8.20. The van der Waals surface area contributed by atoms with Gasteiger partial charge in [0.1, 0.15) is 0 Å². The van der Waals surface area contributed by atoms with Gasteiger partial charge in [-0.15, -0.1) is 24.6 Å². The summed E-state index contributed by atoms with van der Waals surface area (Å²) in [6, 6.07) is 0. The van der Waals surface area contributed by atoms with Gasteiger partial charge < -0.3 is 4.90 Å². The zero-order chi connectivity index (χ0) is 13.5. The molecule has 0 aromatic heterocycles. The average molecular weight is 289 g/mol. The van der Waals surface area contributed by atoms with Crippen LogP contribution in [-0.2, 0) is 0 Å². The second-order valence-electron chi connectivity index (χ2n) is 4.15. The fourth-order valence-electron chi connectivity index (χ4n) is 1.98. The number of hydrogen-bond acceptors (Lipinski definition) is 3. The third kappa shape index (κ3) is 3.86. The quantitative estimate of drug-likeness (QED) is 0.576. The van der Waals surface area contributed by atoms with Crippen molar-refractivity contribution in [3.8, 4) is 24.7 Å². The molecular formula is C15H17N2S2+. The van der Waals surface area contributed by atoms with E-state index < -0.39 is 0 Å². The van der Waals surface area contributed by atoms with Gasteiger partial charge in [-0.05, 0) is 12.0 Å². The van der Waals surface area contributed by atoms with Crippen LogP contribution in [0.3, 0.4) is 0 Å². The molecule has 0 saturated carbocycles. The maximum Gasteiger partial charge on any atom is 0.235 e. The predicted molar refractivity (Wildman–Crippen MR) is 86.4 cm³/mol. The van der Waals surface area contributed by atoms with E-state index >= 15 is 0 Å². The van der Waals surface area contributed by atoms with Crippen molar-refractivity contribution in [2.24, 2.45) is 0 Å². The number of rotatable bonds is 4. The summed E-state index contributed by atoms with van der Waals surface area (Å²) in [4.78, 5) is 2.24. The Kier molecular flexibility index (Phi) is 5.51. The van der Waals surface area contributed by atoms with Crippen LogP contribution in [0.25, 0.3) is 0 Å².